The molecule has 3 nitrogen and oxygen atoms in total. The Kier molecular flexibility index (Phi) is 4.33. The summed E-state index contributed by atoms with van der Waals surface area (Å²) in [7, 11) is 0. The molecule has 0 N–H and O–H groups in total. The monoisotopic (exact) mass is 230 g/mol. The van der Waals surface area contributed by atoms with Gasteiger partial charge in [-0.1, -0.05) is 42.5 Å². The average molecular weight is 230 g/mol. The predicted octanol–water partition coefficient (Wildman–Crippen LogP) is 1.47. The quantitative estimate of drug-likeness (QED) is 0.731. The Morgan fingerprint density at radius 1 is 1.06 bits per heavy atom. The van der Waals surface area contributed by atoms with E-state index in [0.29, 0.717) is 0 Å². The van der Waals surface area contributed by atoms with Crippen LogP contribution in [0.1, 0.15) is 5.56 Å². The molecule has 0 unspecified atom stereocenters. The van der Waals surface area contributed by atoms with E-state index in [2.05, 4.69) is 29.2 Å². The van der Waals surface area contributed by atoms with E-state index in [9.17, 15) is 4.79 Å². The van der Waals surface area contributed by atoms with E-state index >= 15 is 0 Å². The molecule has 2 rings (SSSR count). The van der Waals surface area contributed by atoms with E-state index < -0.39 is 0 Å². The van der Waals surface area contributed by atoms with Gasteiger partial charge in [0.15, 0.2) is 0 Å². The van der Waals surface area contributed by atoms with Crippen LogP contribution in [0.3, 0.4) is 0 Å². The molecule has 1 aromatic rings. The van der Waals surface area contributed by atoms with E-state index in [1.165, 1.54) is 5.56 Å². The molecule has 0 aromatic heterocycles. The zero-order valence-corrected chi connectivity index (χ0v) is 9.96. The normalized spacial score (nSPS) is 17.5. The van der Waals surface area contributed by atoms with Gasteiger partial charge in [-0.25, -0.2) is 0 Å². The van der Waals surface area contributed by atoms with Gasteiger partial charge in [0.2, 0.25) is 6.41 Å². The first-order valence-electron chi connectivity index (χ1n) is 6.02. The fourth-order valence-electron chi connectivity index (χ4n) is 1.95. The molecule has 0 atom stereocenters. The molecule has 90 valence electrons. The van der Waals surface area contributed by atoms with E-state index in [1.54, 1.807) is 0 Å². The Balaban J connectivity index is 1.76. The Labute approximate surface area is 102 Å². The van der Waals surface area contributed by atoms with Crippen LogP contribution in [-0.4, -0.2) is 48.9 Å². The molecule has 0 saturated carbocycles. The first kappa shape index (κ1) is 11.9. The predicted molar refractivity (Wildman–Crippen MR) is 69.6 cm³/mol. The standard InChI is InChI=1S/C14H18N2O/c17-13-16-11-9-15(10-12-16)8-4-7-14-5-2-1-3-6-14/h1-7,13H,8-12H2/b7-4+. The third-order valence-corrected chi connectivity index (χ3v) is 3.03. The molecular formula is C14H18N2O. The lowest BCUT2D eigenvalue weighted by Crippen LogP contribution is -2.45. The maximum Gasteiger partial charge on any atom is 0.209 e. The minimum Gasteiger partial charge on any atom is -0.343 e. The SMILES string of the molecule is O=CN1CCN(C/C=C/c2ccccc2)CC1. The fraction of sp³-hybridized carbons (Fsp3) is 0.357. The van der Waals surface area contributed by atoms with Crippen molar-refractivity contribution >= 4 is 12.5 Å². The summed E-state index contributed by atoms with van der Waals surface area (Å²) in [5.74, 6) is 0. The van der Waals surface area contributed by atoms with E-state index in [0.717, 1.165) is 39.1 Å². The van der Waals surface area contributed by atoms with Gasteiger partial charge in [-0.3, -0.25) is 9.69 Å². The van der Waals surface area contributed by atoms with Crippen molar-refractivity contribution in [3.05, 3.63) is 42.0 Å². The Morgan fingerprint density at radius 2 is 1.76 bits per heavy atom. The molecule has 0 radical (unpaired) electrons. The molecule has 0 spiro atoms. The van der Waals surface area contributed by atoms with Crippen molar-refractivity contribution in [2.45, 2.75) is 0 Å². The van der Waals surface area contributed by atoms with Crippen molar-refractivity contribution in [2.24, 2.45) is 0 Å². The van der Waals surface area contributed by atoms with Crippen molar-refractivity contribution < 1.29 is 4.79 Å². The van der Waals surface area contributed by atoms with Gasteiger partial charge in [-0.2, -0.15) is 0 Å². The molecule has 1 aromatic carbocycles. The lowest BCUT2D eigenvalue weighted by atomic mass is 10.2. The zero-order valence-electron chi connectivity index (χ0n) is 9.96. The molecule has 0 aliphatic carbocycles. The third-order valence-electron chi connectivity index (χ3n) is 3.03. The van der Waals surface area contributed by atoms with Gasteiger partial charge in [-0.15, -0.1) is 0 Å². The van der Waals surface area contributed by atoms with Crippen LogP contribution in [0.2, 0.25) is 0 Å². The van der Waals surface area contributed by atoms with Crippen LogP contribution in [0, 0.1) is 0 Å². The number of hydrogen-bond donors (Lipinski definition) is 0. The smallest absolute Gasteiger partial charge is 0.209 e. The summed E-state index contributed by atoms with van der Waals surface area (Å²) in [5.41, 5.74) is 1.24. The van der Waals surface area contributed by atoms with Crippen LogP contribution in [-0.2, 0) is 4.79 Å². The number of piperazine rings is 1. The van der Waals surface area contributed by atoms with Crippen LogP contribution in [0.5, 0.6) is 0 Å². The van der Waals surface area contributed by atoms with Crippen LogP contribution in [0.4, 0.5) is 0 Å². The lowest BCUT2D eigenvalue weighted by molar-refractivity contribution is -0.119. The van der Waals surface area contributed by atoms with Crippen LogP contribution in [0.15, 0.2) is 36.4 Å². The number of benzene rings is 1. The molecule has 1 aliphatic rings. The minimum absolute atomic E-state index is 0.850. The molecule has 1 fully saturated rings. The van der Waals surface area contributed by atoms with Crippen LogP contribution < -0.4 is 0 Å². The maximum absolute atomic E-state index is 10.6. The molecule has 1 heterocycles. The fourth-order valence-corrected chi connectivity index (χ4v) is 1.95. The second-order valence-corrected chi connectivity index (χ2v) is 4.26. The van der Waals surface area contributed by atoms with Gasteiger partial charge in [0.05, 0.1) is 0 Å². The van der Waals surface area contributed by atoms with Crippen molar-refractivity contribution in [3.63, 3.8) is 0 Å². The average Bonchev–Trinajstić information content (AvgIpc) is 2.41. The highest BCUT2D eigenvalue weighted by Gasteiger charge is 2.13. The number of carbonyl (C=O) groups is 1. The number of hydrogen-bond acceptors (Lipinski definition) is 2. The van der Waals surface area contributed by atoms with E-state index in [-0.39, 0.29) is 0 Å². The molecule has 3 heteroatoms. The summed E-state index contributed by atoms with van der Waals surface area (Å²) in [5, 5.41) is 0. The van der Waals surface area contributed by atoms with Crippen molar-refractivity contribution in [2.75, 3.05) is 32.7 Å². The summed E-state index contributed by atoms with van der Waals surface area (Å²) < 4.78 is 0. The first-order chi connectivity index (χ1) is 8.38. The zero-order chi connectivity index (χ0) is 11.9. The number of nitrogens with zero attached hydrogens (tertiary/aromatic N) is 2. The highest BCUT2D eigenvalue weighted by molar-refractivity contribution is 5.49. The Morgan fingerprint density at radius 3 is 2.41 bits per heavy atom. The molecule has 17 heavy (non-hydrogen) atoms. The number of rotatable bonds is 4. The molecule has 1 saturated heterocycles. The van der Waals surface area contributed by atoms with E-state index in [4.69, 9.17) is 0 Å². The highest BCUT2D eigenvalue weighted by Crippen LogP contribution is 2.03. The van der Waals surface area contributed by atoms with Gasteiger partial charge in [0, 0.05) is 32.7 Å². The van der Waals surface area contributed by atoms with Gasteiger partial charge in [0.1, 0.15) is 0 Å². The summed E-state index contributed by atoms with van der Waals surface area (Å²) in [6.45, 7) is 4.60. The summed E-state index contributed by atoms with van der Waals surface area (Å²) in [6, 6.07) is 10.3. The first-order valence-corrected chi connectivity index (χ1v) is 6.02. The lowest BCUT2D eigenvalue weighted by Gasteiger charge is -2.31. The maximum atomic E-state index is 10.6. The van der Waals surface area contributed by atoms with Crippen LogP contribution >= 0.6 is 0 Å². The Bertz CT molecular complexity index is 367. The number of carbonyl (C=O) groups excluding carboxylic acids is 1. The van der Waals surface area contributed by atoms with Crippen molar-refractivity contribution in [1.29, 1.82) is 0 Å². The van der Waals surface area contributed by atoms with Gasteiger partial charge in [-0.05, 0) is 5.56 Å². The van der Waals surface area contributed by atoms with Crippen LogP contribution in [0.25, 0.3) is 6.08 Å². The van der Waals surface area contributed by atoms with Gasteiger partial charge >= 0.3 is 0 Å². The van der Waals surface area contributed by atoms with Gasteiger partial charge in [0.25, 0.3) is 0 Å². The summed E-state index contributed by atoms with van der Waals surface area (Å²) in [4.78, 5) is 14.8. The molecule has 1 aliphatic heterocycles. The minimum atomic E-state index is 0.850. The highest BCUT2D eigenvalue weighted by atomic mass is 16.1. The van der Waals surface area contributed by atoms with Crippen molar-refractivity contribution in [1.82, 2.24) is 9.80 Å². The third kappa shape index (κ3) is 3.71. The van der Waals surface area contributed by atoms with E-state index in [1.807, 2.05) is 23.1 Å². The second kappa shape index (κ2) is 6.21. The molecule has 0 bridgehead atoms. The summed E-state index contributed by atoms with van der Waals surface area (Å²) >= 11 is 0. The second-order valence-electron chi connectivity index (χ2n) is 4.26. The Hall–Kier alpha value is -1.61. The number of amides is 1. The topological polar surface area (TPSA) is 23.6 Å². The summed E-state index contributed by atoms with van der Waals surface area (Å²) in [6.07, 6.45) is 5.27. The van der Waals surface area contributed by atoms with Crippen molar-refractivity contribution in [3.8, 4) is 0 Å². The molecular weight excluding hydrogens is 212 g/mol. The van der Waals surface area contributed by atoms with Gasteiger partial charge < -0.3 is 4.90 Å². The largest absolute Gasteiger partial charge is 0.343 e. The molecule has 1 amide bonds.